The summed E-state index contributed by atoms with van der Waals surface area (Å²) in [7, 11) is 0. The molecule has 0 saturated heterocycles. The highest BCUT2D eigenvalue weighted by Gasteiger charge is 2.25. The van der Waals surface area contributed by atoms with Crippen LogP contribution in [0.4, 0.5) is 0 Å². The van der Waals surface area contributed by atoms with Gasteiger partial charge in [-0.2, -0.15) is 0 Å². The minimum atomic E-state index is -0.515. The lowest BCUT2D eigenvalue weighted by Crippen LogP contribution is -2.14. The van der Waals surface area contributed by atoms with E-state index in [9.17, 15) is 9.59 Å². The number of halogens is 1. The molecule has 0 heterocycles. The van der Waals surface area contributed by atoms with Crippen LogP contribution >= 0.6 is 11.6 Å². The maximum absolute atomic E-state index is 11.8. The molecule has 3 rings (SSSR count). The molecule has 1 aliphatic carbocycles. The van der Waals surface area contributed by atoms with E-state index in [1.165, 1.54) is 6.92 Å². The highest BCUT2D eigenvalue weighted by molar-refractivity contribution is 6.31. The molecular weight excluding hydrogens is 328 g/mol. The fourth-order valence-corrected chi connectivity index (χ4v) is 3.33. The van der Waals surface area contributed by atoms with Crippen LogP contribution in [0.1, 0.15) is 30.9 Å². The van der Waals surface area contributed by atoms with Crippen molar-refractivity contribution in [3.8, 4) is 11.5 Å². The van der Waals surface area contributed by atoms with Crippen molar-refractivity contribution in [2.75, 3.05) is 0 Å². The smallest absolute Gasteiger partial charge is 0.335 e. The molecule has 24 heavy (non-hydrogen) atoms. The van der Waals surface area contributed by atoms with Gasteiger partial charge in [0, 0.05) is 39.9 Å². The fraction of sp³-hybridized carbons (Fsp3) is 0.263. The van der Waals surface area contributed by atoms with Crippen molar-refractivity contribution in [1.82, 2.24) is 0 Å². The van der Waals surface area contributed by atoms with Crippen LogP contribution < -0.4 is 9.47 Å². The summed E-state index contributed by atoms with van der Waals surface area (Å²) in [6.07, 6.45) is 4.64. The van der Waals surface area contributed by atoms with Gasteiger partial charge in [0.2, 0.25) is 0 Å². The van der Waals surface area contributed by atoms with Gasteiger partial charge in [-0.1, -0.05) is 18.2 Å². The molecule has 0 spiro atoms. The van der Waals surface area contributed by atoms with Crippen LogP contribution in [0.15, 0.2) is 30.9 Å². The lowest BCUT2D eigenvalue weighted by molar-refractivity contribution is -0.132. The van der Waals surface area contributed by atoms with E-state index in [4.69, 9.17) is 21.1 Å². The van der Waals surface area contributed by atoms with Gasteiger partial charge in [-0.25, -0.2) is 4.79 Å². The Balaban J connectivity index is 2.35. The largest absolute Gasteiger partial charge is 0.426 e. The Labute approximate surface area is 145 Å². The van der Waals surface area contributed by atoms with Gasteiger partial charge < -0.3 is 9.47 Å². The van der Waals surface area contributed by atoms with E-state index >= 15 is 0 Å². The van der Waals surface area contributed by atoms with Crippen molar-refractivity contribution >= 4 is 34.3 Å². The number of hydrogen-bond acceptors (Lipinski definition) is 4. The third kappa shape index (κ3) is 3.02. The van der Waals surface area contributed by atoms with E-state index in [-0.39, 0.29) is 5.97 Å². The standard InChI is InChI=1S/C19H17ClO4/c1-3-17(22)24-18-13-6-4-5-7-14(13)19(23-11(2)21)16-10-12(20)8-9-15(16)18/h3,8-10H,1,4-7H2,2H3. The normalized spacial score (nSPS) is 13.2. The van der Waals surface area contributed by atoms with Gasteiger partial charge in [0.15, 0.2) is 0 Å². The topological polar surface area (TPSA) is 52.6 Å². The maximum Gasteiger partial charge on any atom is 0.335 e. The lowest BCUT2D eigenvalue weighted by Gasteiger charge is -2.24. The Kier molecular flexibility index (Phi) is 4.58. The Morgan fingerprint density at radius 3 is 2.29 bits per heavy atom. The SMILES string of the molecule is C=CC(=O)Oc1c2c(c(OC(C)=O)c3cc(Cl)ccc13)CCCC2. The van der Waals surface area contributed by atoms with Crippen LogP contribution in [-0.2, 0) is 22.4 Å². The monoisotopic (exact) mass is 344 g/mol. The highest BCUT2D eigenvalue weighted by Crippen LogP contribution is 2.45. The van der Waals surface area contributed by atoms with Crippen molar-refractivity contribution < 1.29 is 19.1 Å². The van der Waals surface area contributed by atoms with Crippen molar-refractivity contribution in [1.29, 1.82) is 0 Å². The van der Waals surface area contributed by atoms with E-state index < -0.39 is 5.97 Å². The molecule has 2 aromatic rings. The van der Waals surface area contributed by atoms with Crippen LogP contribution in [0, 0.1) is 0 Å². The van der Waals surface area contributed by atoms with Crippen molar-refractivity contribution in [2.45, 2.75) is 32.6 Å². The maximum atomic E-state index is 11.8. The van der Waals surface area contributed by atoms with Gasteiger partial charge in [0.1, 0.15) is 11.5 Å². The number of fused-ring (bicyclic) bond motifs is 2. The first kappa shape index (κ1) is 16.5. The van der Waals surface area contributed by atoms with Gasteiger partial charge in [-0.3, -0.25) is 4.79 Å². The minimum absolute atomic E-state index is 0.389. The third-order valence-electron chi connectivity index (χ3n) is 4.10. The summed E-state index contributed by atoms with van der Waals surface area (Å²) in [6.45, 7) is 4.83. The van der Waals surface area contributed by atoms with Crippen LogP contribution in [0.5, 0.6) is 11.5 Å². The molecule has 5 heteroatoms. The Morgan fingerprint density at radius 2 is 1.71 bits per heavy atom. The predicted molar refractivity (Wildman–Crippen MR) is 92.7 cm³/mol. The van der Waals surface area contributed by atoms with Crippen LogP contribution in [0.2, 0.25) is 5.02 Å². The van der Waals surface area contributed by atoms with Crippen molar-refractivity contribution in [3.63, 3.8) is 0 Å². The number of rotatable bonds is 3. The summed E-state index contributed by atoms with van der Waals surface area (Å²) in [4.78, 5) is 23.4. The number of benzene rings is 2. The zero-order valence-corrected chi connectivity index (χ0v) is 14.1. The van der Waals surface area contributed by atoms with Crippen LogP contribution in [0.25, 0.3) is 10.8 Å². The molecule has 4 nitrogen and oxygen atoms in total. The number of carbonyl (C=O) groups is 2. The first-order valence-electron chi connectivity index (χ1n) is 7.81. The summed E-state index contributed by atoms with van der Waals surface area (Å²) in [5.41, 5.74) is 1.83. The zero-order valence-electron chi connectivity index (χ0n) is 13.4. The van der Waals surface area contributed by atoms with E-state index in [2.05, 4.69) is 6.58 Å². The number of carbonyl (C=O) groups excluding carboxylic acids is 2. The molecule has 0 radical (unpaired) electrons. The molecule has 0 atom stereocenters. The first-order chi connectivity index (χ1) is 11.5. The minimum Gasteiger partial charge on any atom is -0.426 e. The lowest BCUT2D eigenvalue weighted by atomic mass is 9.87. The molecule has 0 unspecified atom stereocenters. The van der Waals surface area contributed by atoms with Gasteiger partial charge >= 0.3 is 11.9 Å². The molecule has 0 amide bonds. The van der Waals surface area contributed by atoms with E-state index in [1.54, 1.807) is 18.2 Å². The van der Waals surface area contributed by atoms with Gasteiger partial charge in [-0.05, 0) is 43.9 Å². The number of esters is 2. The molecule has 0 N–H and O–H groups in total. The molecule has 0 saturated carbocycles. The average molecular weight is 345 g/mol. The van der Waals surface area contributed by atoms with E-state index in [0.717, 1.165) is 42.9 Å². The summed E-state index contributed by atoms with van der Waals surface area (Å²) in [5.74, 6) is 0.129. The Bertz CT molecular complexity index is 854. The second kappa shape index (κ2) is 6.65. The fourth-order valence-electron chi connectivity index (χ4n) is 3.15. The van der Waals surface area contributed by atoms with E-state index in [0.29, 0.717) is 27.3 Å². The van der Waals surface area contributed by atoms with E-state index in [1.807, 2.05) is 0 Å². The summed E-state index contributed by atoms with van der Waals surface area (Å²) in [6, 6.07) is 5.24. The summed E-state index contributed by atoms with van der Waals surface area (Å²) >= 11 is 6.13. The molecule has 0 aliphatic heterocycles. The Morgan fingerprint density at radius 1 is 1.08 bits per heavy atom. The first-order valence-corrected chi connectivity index (χ1v) is 8.18. The highest BCUT2D eigenvalue weighted by atomic mass is 35.5. The number of ether oxygens (including phenoxy) is 2. The molecule has 0 aromatic heterocycles. The molecule has 2 aromatic carbocycles. The molecule has 124 valence electrons. The predicted octanol–water partition coefficient (Wildman–Crippen LogP) is 4.39. The second-order valence-corrected chi connectivity index (χ2v) is 6.17. The molecule has 0 fully saturated rings. The van der Waals surface area contributed by atoms with Crippen LogP contribution in [-0.4, -0.2) is 11.9 Å². The zero-order chi connectivity index (χ0) is 17.3. The summed E-state index contributed by atoms with van der Waals surface area (Å²) in [5, 5.41) is 1.89. The van der Waals surface area contributed by atoms with Crippen LogP contribution in [0.3, 0.4) is 0 Å². The molecule has 1 aliphatic rings. The second-order valence-electron chi connectivity index (χ2n) is 5.73. The third-order valence-corrected chi connectivity index (χ3v) is 4.34. The number of hydrogen-bond donors (Lipinski definition) is 0. The quantitative estimate of drug-likeness (QED) is 0.471. The van der Waals surface area contributed by atoms with Crippen molar-refractivity contribution in [3.05, 3.63) is 47.0 Å². The van der Waals surface area contributed by atoms with Gasteiger partial charge in [0.05, 0.1) is 0 Å². The summed E-state index contributed by atoms with van der Waals surface area (Å²) < 4.78 is 11.0. The molecular formula is C19H17ClO4. The van der Waals surface area contributed by atoms with Crippen molar-refractivity contribution in [2.24, 2.45) is 0 Å². The van der Waals surface area contributed by atoms with Gasteiger partial charge in [-0.15, -0.1) is 0 Å². The Hall–Kier alpha value is -2.33. The average Bonchev–Trinajstić information content (AvgIpc) is 2.57. The van der Waals surface area contributed by atoms with Gasteiger partial charge in [0.25, 0.3) is 0 Å². The molecule has 0 bridgehead atoms.